The van der Waals surface area contributed by atoms with E-state index < -0.39 is 6.04 Å². The van der Waals surface area contributed by atoms with E-state index in [4.69, 9.17) is 19.6 Å². The summed E-state index contributed by atoms with van der Waals surface area (Å²) in [7, 11) is 0. The van der Waals surface area contributed by atoms with Gasteiger partial charge in [0.15, 0.2) is 0 Å². The van der Waals surface area contributed by atoms with Gasteiger partial charge in [-0.2, -0.15) is 4.98 Å². The number of fused-ring (bicyclic) bond motifs is 1. The zero-order valence-corrected chi connectivity index (χ0v) is 20.6. The number of nitrogens with zero attached hydrogens (tertiary/aromatic N) is 3. The molecule has 7 nitrogen and oxygen atoms in total. The van der Waals surface area contributed by atoms with Crippen LogP contribution in [0, 0.1) is 0 Å². The summed E-state index contributed by atoms with van der Waals surface area (Å²) in [5, 5.41) is 8.66. The summed E-state index contributed by atoms with van der Waals surface area (Å²) in [5.74, 6) is 1.81. The molecular weight excluding hydrogens is 448 g/mol. The lowest BCUT2D eigenvalue weighted by Gasteiger charge is -2.28. The van der Waals surface area contributed by atoms with Crippen LogP contribution in [0.15, 0.2) is 71.0 Å². The molecule has 1 atom stereocenters. The van der Waals surface area contributed by atoms with Crippen molar-refractivity contribution in [2.75, 3.05) is 18.5 Å². The zero-order chi connectivity index (χ0) is 23.9. The highest BCUT2D eigenvalue weighted by Gasteiger charge is 2.35. The largest absolute Gasteiger partial charge is 0.494 e. The third-order valence-corrected chi connectivity index (χ3v) is 6.41. The number of esters is 1. The van der Waals surface area contributed by atoms with Crippen molar-refractivity contribution in [3.05, 3.63) is 77.0 Å². The van der Waals surface area contributed by atoms with Gasteiger partial charge < -0.3 is 14.8 Å². The number of anilines is 1. The number of nitrogens with one attached hydrogen (secondary N) is 1. The van der Waals surface area contributed by atoms with E-state index in [2.05, 4.69) is 24.4 Å². The fourth-order valence-electron chi connectivity index (χ4n) is 3.78. The predicted octanol–water partition coefficient (Wildman–Crippen LogP) is 5.60. The maximum atomic E-state index is 12.9. The maximum Gasteiger partial charge on any atom is 0.338 e. The molecule has 0 radical (unpaired) electrons. The van der Waals surface area contributed by atoms with E-state index in [1.165, 1.54) is 5.56 Å². The summed E-state index contributed by atoms with van der Waals surface area (Å²) in [5.41, 5.74) is 3.35. The topological polar surface area (TPSA) is 78.3 Å². The Hall–Kier alpha value is -3.26. The second-order valence-corrected chi connectivity index (χ2v) is 8.94. The van der Waals surface area contributed by atoms with Gasteiger partial charge in [-0.1, -0.05) is 67.6 Å². The second kappa shape index (κ2) is 11.2. The second-order valence-electron chi connectivity index (χ2n) is 7.99. The van der Waals surface area contributed by atoms with Crippen molar-refractivity contribution >= 4 is 23.7 Å². The normalized spacial score (nSPS) is 15.0. The maximum absolute atomic E-state index is 12.9. The number of hydrogen-bond donors (Lipinski definition) is 1. The first kappa shape index (κ1) is 23.9. The molecule has 8 heteroatoms. The van der Waals surface area contributed by atoms with Crippen molar-refractivity contribution in [3.8, 4) is 5.75 Å². The van der Waals surface area contributed by atoms with Crippen LogP contribution in [0.4, 0.5) is 5.95 Å². The first-order valence-corrected chi connectivity index (χ1v) is 12.6. The SMILES string of the molecule is CCCCOc1ccc(C2C(C(=O)OCC)=C(C)Nc3nc(SCc4ccccc4)nn32)cc1. The van der Waals surface area contributed by atoms with Crippen LogP contribution in [-0.4, -0.2) is 33.9 Å². The number of carbonyl (C=O) groups excluding carboxylic acids is 1. The minimum absolute atomic E-state index is 0.301. The molecule has 0 aliphatic carbocycles. The number of ether oxygens (including phenoxy) is 2. The Kier molecular flexibility index (Phi) is 7.90. The molecule has 2 heterocycles. The van der Waals surface area contributed by atoms with Crippen LogP contribution in [0.25, 0.3) is 0 Å². The molecule has 178 valence electrons. The van der Waals surface area contributed by atoms with Gasteiger partial charge in [0.1, 0.15) is 11.8 Å². The number of rotatable bonds is 10. The number of thioether (sulfide) groups is 1. The lowest BCUT2D eigenvalue weighted by atomic mass is 9.96. The fourth-order valence-corrected chi connectivity index (χ4v) is 4.56. The molecule has 2 aromatic carbocycles. The van der Waals surface area contributed by atoms with Crippen molar-refractivity contribution in [1.82, 2.24) is 14.8 Å². The van der Waals surface area contributed by atoms with E-state index in [-0.39, 0.29) is 5.97 Å². The molecule has 1 aliphatic heterocycles. The summed E-state index contributed by atoms with van der Waals surface area (Å²) < 4.78 is 13.0. The van der Waals surface area contributed by atoms with Gasteiger partial charge in [0.05, 0.1) is 18.8 Å². The summed E-state index contributed by atoms with van der Waals surface area (Å²) in [6.07, 6.45) is 2.09. The average molecular weight is 479 g/mol. The van der Waals surface area contributed by atoms with E-state index >= 15 is 0 Å². The van der Waals surface area contributed by atoms with E-state index in [0.29, 0.717) is 35.6 Å². The molecule has 1 aliphatic rings. The van der Waals surface area contributed by atoms with E-state index in [1.807, 2.05) is 49.4 Å². The van der Waals surface area contributed by atoms with E-state index in [9.17, 15) is 4.79 Å². The monoisotopic (exact) mass is 478 g/mol. The standard InChI is InChI=1S/C26H30N4O3S/c1-4-6-16-33-21-14-12-20(13-15-21)23-22(24(31)32-5-2)18(3)27-25-28-26(29-30(23)25)34-17-19-10-8-7-9-11-19/h7-15,23H,4-6,16-17H2,1-3H3,(H,27,28,29). The van der Waals surface area contributed by atoms with Gasteiger partial charge in [-0.3, -0.25) is 0 Å². The molecule has 3 aromatic rings. The third-order valence-electron chi connectivity index (χ3n) is 5.50. The van der Waals surface area contributed by atoms with Crippen LogP contribution in [0.2, 0.25) is 0 Å². The molecule has 4 rings (SSSR count). The summed E-state index contributed by atoms with van der Waals surface area (Å²) in [6, 6.07) is 17.6. The minimum Gasteiger partial charge on any atom is -0.494 e. The molecule has 34 heavy (non-hydrogen) atoms. The van der Waals surface area contributed by atoms with Crippen LogP contribution >= 0.6 is 11.8 Å². The summed E-state index contributed by atoms with van der Waals surface area (Å²) >= 11 is 1.56. The van der Waals surface area contributed by atoms with Crippen LogP contribution in [0.3, 0.4) is 0 Å². The Bertz CT molecular complexity index is 1140. The van der Waals surface area contributed by atoms with Crippen molar-refractivity contribution in [3.63, 3.8) is 0 Å². The fraction of sp³-hybridized carbons (Fsp3) is 0.346. The Morgan fingerprint density at radius 1 is 1.12 bits per heavy atom. The zero-order valence-electron chi connectivity index (χ0n) is 19.8. The van der Waals surface area contributed by atoms with Gasteiger partial charge in [-0.25, -0.2) is 9.48 Å². The summed E-state index contributed by atoms with van der Waals surface area (Å²) in [4.78, 5) is 17.6. The molecular formula is C26H30N4O3S. The number of carbonyl (C=O) groups is 1. The first-order valence-electron chi connectivity index (χ1n) is 11.6. The van der Waals surface area contributed by atoms with Gasteiger partial charge in [0, 0.05) is 11.4 Å². The molecule has 0 saturated heterocycles. The van der Waals surface area contributed by atoms with Crippen LogP contribution in [0.5, 0.6) is 5.75 Å². The number of allylic oxidation sites excluding steroid dienone is 1. The average Bonchev–Trinajstić information content (AvgIpc) is 3.25. The number of unbranched alkanes of at least 4 members (excludes halogenated alkanes) is 1. The van der Waals surface area contributed by atoms with E-state index in [0.717, 1.165) is 29.9 Å². The van der Waals surface area contributed by atoms with Crippen molar-refractivity contribution in [2.45, 2.75) is 50.6 Å². The Morgan fingerprint density at radius 3 is 2.59 bits per heavy atom. The van der Waals surface area contributed by atoms with Crippen LogP contribution in [-0.2, 0) is 15.3 Å². The molecule has 0 bridgehead atoms. The highest BCUT2D eigenvalue weighted by Crippen LogP contribution is 2.37. The Balaban J connectivity index is 1.64. The van der Waals surface area contributed by atoms with Gasteiger partial charge in [-0.15, -0.1) is 5.10 Å². The predicted molar refractivity (Wildman–Crippen MR) is 134 cm³/mol. The van der Waals surface area contributed by atoms with Crippen molar-refractivity contribution in [1.29, 1.82) is 0 Å². The number of benzene rings is 2. The molecule has 1 N–H and O–H groups in total. The van der Waals surface area contributed by atoms with Gasteiger partial charge in [-0.05, 0) is 43.5 Å². The lowest BCUT2D eigenvalue weighted by molar-refractivity contribution is -0.139. The third kappa shape index (κ3) is 5.44. The molecule has 0 saturated carbocycles. The van der Waals surface area contributed by atoms with Crippen LogP contribution < -0.4 is 10.1 Å². The van der Waals surface area contributed by atoms with Gasteiger partial charge in [0.2, 0.25) is 11.1 Å². The first-order chi connectivity index (χ1) is 16.6. The molecule has 1 aromatic heterocycles. The van der Waals surface area contributed by atoms with Gasteiger partial charge in [0.25, 0.3) is 0 Å². The quantitative estimate of drug-likeness (QED) is 0.231. The Labute approximate surface area is 204 Å². The number of aromatic nitrogens is 3. The molecule has 1 unspecified atom stereocenters. The van der Waals surface area contributed by atoms with E-state index in [1.54, 1.807) is 23.4 Å². The molecule has 0 fully saturated rings. The van der Waals surface area contributed by atoms with Crippen LogP contribution in [0.1, 0.15) is 50.8 Å². The Morgan fingerprint density at radius 2 is 1.88 bits per heavy atom. The molecule has 0 amide bonds. The lowest BCUT2D eigenvalue weighted by Crippen LogP contribution is -2.29. The number of hydrogen-bond acceptors (Lipinski definition) is 7. The highest BCUT2D eigenvalue weighted by atomic mass is 32.2. The minimum atomic E-state index is -0.446. The smallest absolute Gasteiger partial charge is 0.338 e. The summed E-state index contributed by atoms with van der Waals surface area (Å²) in [6.45, 7) is 6.80. The highest BCUT2D eigenvalue weighted by molar-refractivity contribution is 7.98. The van der Waals surface area contributed by atoms with Crippen molar-refractivity contribution < 1.29 is 14.3 Å². The van der Waals surface area contributed by atoms with Gasteiger partial charge >= 0.3 is 5.97 Å². The van der Waals surface area contributed by atoms with Crippen molar-refractivity contribution in [2.24, 2.45) is 0 Å². The molecule has 0 spiro atoms.